The molecule has 8 rings (SSSR count). The number of carbonyl (C=O) groups excluding carboxylic acids is 17. The maximum absolute atomic E-state index is 16.0. The highest BCUT2D eigenvalue weighted by atomic mass is 32.2. The Labute approximate surface area is 783 Å². The molecule has 3 aliphatic rings. The van der Waals surface area contributed by atoms with Crippen LogP contribution in [0.2, 0.25) is 0 Å². The molecule has 40 nitrogen and oxygen atoms in total. The average Bonchev–Trinajstić information content (AvgIpc) is 1.65. The molecule has 3 aliphatic heterocycles. The molecule has 3 saturated heterocycles. The first kappa shape index (κ1) is 107. The topological polar surface area (TPSA) is 594 Å². The molecule has 0 radical (unpaired) electrons. The van der Waals surface area contributed by atoms with Gasteiger partial charge in [-0.2, -0.15) is 0 Å². The number of nitrogens with zero attached hydrogens (tertiary/aromatic N) is 6. The number of hydrogen-bond donors (Lipinski definition) is 15. The van der Waals surface area contributed by atoms with Gasteiger partial charge in [-0.1, -0.05) is 116 Å². The van der Waals surface area contributed by atoms with Crippen molar-refractivity contribution in [1.82, 2.24) is 76.6 Å². The van der Waals surface area contributed by atoms with Crippen molar-refractivity contribution in [2.75, 3.05) is 72.5 Å². The normalized spacial score (nSPS) is 25.0. The van der Waals surface area contributed by atoms with Crippen molar-refractivity contribution in [3.8, 4) is 5.75 Å². The second-order valence-electron chi connectivity index (χ2n) is 35.6. The third-order valence-corrected chi connectivity index (χ3v) is 25.8. The number of methoxy groups -OCH3 is 1. The van der Waals surface area contributed by atoms with E-state index in [2.05, 4.69) is 47.5 Å². The minimum absolute atomic E-state index is 0.00221. The van der Waals surface area contributed by atoms with Crippen LogP contribution in [-0.4, -0.2) is 301 Å². The lowest BCUT2D eigenvalue weighted by Gasteiger charge is -2.36. The lowest BCUT2D eigenvalue weighted by atomic mass is 9.88. The molecule has 15 atom stereocenters. The van der Waals surface area contributed by atoms with Gasteiger partial charge in [-0.15, -0.1) is 11.8 Å². The van der Waals surface area contributed by atoms with Crippen molar-refractivity contribution in [3.63, 3.8) is 0 Å². The third kappa shape index (κ3) is 29.1. The number of carboxylic acid groups (broad SMARTS) is 1. The Kier molecular flexibility index (Phi) is 40.4. The third-order valence-electron chi connectivity index (χ3n) is 24.8. The number of ketones is 2. The minimum Gasteiger partial charge on any atom is -0.497 e. The number of carbonyl (C=O) groups is 18. The fraction of sp³-hybridized carbons (Fsp3) is 0.570. The number of H-pyrrole nitrogens is 1. The SMILES string of the molecule is CCCC[C@H]1C(=O)N(C)[C@@H](CCCC)C(=O)N[C@@H](CC(C)C)C(=O)N[C@H](C(=O)NCC(N)=O)CSCC(=O)N[C@@H](Cc2ccc(OC)cc2)C(=O)N(C)[C@@H](C)C(=O)N[C@@H](CC(N)=O)C(=O)N2CCC[C@@H]2C(=O)N[C@@H](CN)C(=O)N[C@@H](C(C)C)C(=O)N2C[C@@H](O)C[C@@H]2C(=O)C[C@@H](Cc2c[nH]c3ccccc23)C(=O)N[C@@H](CCN)C(=O)C[C@@H](Cc2cn(CC(=O)O)c3ccccc23)C(=O)N1C. The number of likely N-dealkylation sites (N-methyl/N-ethyl adjacent to an activating group) is 3. The molecule has 0 spiro atoms. The molecule has 0 saturated carbocycles. The number of aromatic amines is 1. The molecular weight excluding hydrogens is 1750 g/mol. The zero-order valence-electron chi connectivity index (χ0n) is 78.1. The minimum atomic E-state index is -1.75. The van der Waals surface area contributed by atoms with E-state index in [0.717, 1.165) is 26.5 Å². The van der Waals surface area contributed by atoms with Gasteiger partial charge in [0.15, 0.2) is 11.6 Å². The Hall–Kier alpha value is -12.4. The number of aliphatic hydroxyl groups excluding tert-OH is 1. The number of amides is 15. The van der Waals surface area contributed by atoms with E-state index in [0.29, 0.717) is 69.9 Å². The number of ether oxygens (including phenoxy) is 1. The first-order valence-corrected chi connectivity index (χ1v) is 46.8. The summed E-state index contributed by atoms with van der Waals surface area (Å²) < 4.78 is 6.82. The summed E-state index contributed by atoms with van der Waals surface area (Å²) in [4.78, 5) is 271. The highest BCUT2D eigenvalue weighted by Crippen LogP contribution is 2.32. The van der Waals surface area contributed by atoms with Gasteiger partial charge in [-0.25, -0.2) is 0 Å². The van der Waals surface area contributed by atoms with Crippen molar-refractivity contribution in [2.24, 2.45) is 46.6 Å². The number of carboxylic acids is 1. The number of fused-ring (bicyclic) bond motifs is 4. The van der Waals surface area contributed by atoms with Crippen LogP contribution in [0, 0.1) is 23.7 Å². The second kappa shape index (κ2) is 50.6. The summed E-state index contributed by atoms with van der Waals surface area (Å²) in [6.07, 6.45) is 0.655. The van der Waals surface area contributed by atoms with Crippen LogP contribution in [0.3, 0.4) is 0 Å². The first-order chi connectivity index (χ1) is 63.6. The molecule has 15 amide bonds. The quantitative estimate of drug-likeness (QED) is 0.0342. The van der Waals surface area contributed by atoms with E-state index in [9.17, 15) is 63.0 Å². The van der Waals surface area contributed by atoms with Gasteiger partial charge >= 0.3 is 5.97 Å². The second-order valence-corrected chi connectivity index (χ2v) is 36.7. The fourth-order valence-electron chi connectivity index (χ4n) is 17.3. The molecule has 2 aromatic heterocycles. The number of Topliss-reactive ketones (excluding diaryl/α,β-unsaturated/α-hetero) is 2. The van der Waals surface area contributed by atoms with Crippen LogP contribution in [-0.2, 0) is 112 Å². The standard InChI is InChI=1S/C93H133N19O21S/c1-12-14-24-71-87(126)102-65(35-51(3)4)85(124)105-69(84(123)99-45-78(97)117)49-134-50-79(118)100-66(36-54-28-30-60(133-11)31-29-54)90(129)107(8)53(7)82(121)103-67(42-77(96)116)91(130)111-34-20-27-72(111)88(127)104-68(43-95)86(125)106-81(52(5)6)93(132)112-47-59(113)41-74(112)76(115)39-55(37-57-44-98-63-23-18-16-21-61(57)63)83(122)101-64(32-33-94)75(114)40-56(89(128)109(10)73(25-15-13-2)92(131)108(71)9)38-58-46-110(48-80(119)120)70-26-19-17-22-62(58)70/h16-19,21-23,26,28-31,44,46,51-53,55-56,59,64-69,71-74,81,98,113H,12-15,20,24-25,27,32-43,45,47-50,94-95H2,1-11H3,(H2,96,116)(H2,97,117)(H,99,123)(H,100,118)(H,101,122)(H,102,126)(H,103,121)(H,104,127)(H,105,124)(H,106,125)(H,119,120)/t53-,55+,56+,59-,64-,65-,66-,67-,68-,69-,71-,72+,73-,74+,81-/m0/s1. The van der Waals surface area contributed by atoms with Crippen LogP contribution in [0.15, 0.2) is 85.2 Å². The Bertz CT molecular complexity index is 5040. The maximum atomic E-state index is 16.0. The molecule has 0 unspecified atom stereocenters. The molecule has 134 heavy (non-hydrogen) atoms. The monoisotopic (exact) mass is 1880 g/mol. The summed E-state index contributed by atoms with van der Waals surface area (Å²) in [6, 6.07) is 2.78. The van der Waals surface area contributed by atoms with E-state index in [1.807, 2.05) is 13.8 Å². The highest BCUT2D eigenvalue weighted by Gasteiger charge is 2.47. The number of para-hydroxylation sites is 2. The van der Waals surface area contributed by atoms with E-state index in [1.165, 1.54) is 49.5 Å². The van der Waals surface area contributed by atoms with E-state index in [4.69, 9.17) is 27.7 Å². The number of rotatable bonds is 26. The van der Waals surface area contributed by atoms with Crippen LogP contribution >= 0.6 is 11.8 Å². The fourth-order valence-corrected chi connectivity index (χ4v) is 18.1. The van der Waals surface area contributed by atoms with Gasteiger partial charge in [0.2, 0.25) is 88.6 Å². The molecule has 3 fully saturated rings. The van der Waals surface area contributed by atoms with Crippen LogP contribution in [0.5, 0.6) is 5.75 Å². The number of thioether (sulfide) groups is 1. The molecule has 41 heteroatoms. The van der Waals surface area contributed by atoms with Crippen molar-refractivity contribution in [3.05, 3.63) is 102 Å². The Morgan fingerprint density at radius 1 is 0.597 bits per heavy atom. The largest absolute Gasteiger partial charge is 0.497 e. The van der Waals surface area contributed by atoms with Crippen molar-refractivity contribution < 1.29 is 101 Å². The number of nitrogens with one attached hydrogen (secondary N) is 9. The van der Waals surface area contributed by atoms with Gasteiger partial charge in [0.05, 0.1) is 44.0 Å². The van der Waals surface area contributed by atoms with E-state index in [1.54, 1.807) is 113 Å². The molecule has 5 heterocycles. The van der Waals surface area contributed by atoms with E-state index in [-0.39, 0.29) is 89.0 Å². The molecule has 19 N–H and O–H groups in total. The Morgan fingerprint density at radius 2 is 1.22 bits per heavy atom. The predicted octanol–water partition coefficient (Wildman–Crippen LogP) is -0.145. The number of primary amides is 2. The summed E-state index contributed by atoms with van der Waals surface area (Å²) in [5.41, 5.74) is 26.3. The van der Waals surface area contributed by atoms with Crippen LogP contribution < -0.4 is 70.2 Å². The average molecular weight is 1890 g/mol. The lowest BCUT2D eigenvalue weighted by Crippen LogP contribution is -2.61. The summed E-state index contributed by atoms with van der Waals surface area (Å²) >= 11 is 0.810. The van der Waals surface area contributed by atoms with Crippen molar-refractivity contribution in [2.45, 2.75) is 243 Å². The Balaban J connectivity index is 1.20. The number of benzene rings is 3. The zero-order chi connectivity index (χ0) is 98.6. The van der Waals surface area contributed by atoms with Crippen LogP contribution in [0.25, 0.3) is 21.8 Å². The molecule has 732 valence electrons. The van der Waals surface area contributed by atoms with Gasteiger partial charge in [0.25, 0.3) is 0 Å². The number of aliphatic hydroxyl groups is 1. The van der Waals surface area contributed by atoms with Crippen LogP contribution in [0.4, 0.5) is 0 Å². The molecule has 0 bridgehead atoms. The van der Waals surface area contributed by atoms with Crippen LogP contribution in [0.1, 0.15) is 155 Å². The molecule has 5 aromatic rings. The zero-order valence-corrected chi connectivity index (χ0v) is 78.9. The van der Waals surface area contributed by atoms with Gasteiger partial charge in [0.1, 0.15) is 72.7 Å². The van der Waals surface area contributed by atoms with Gasteiger partial charge in [-0.3, -0.25) is 86.3 Å². The number of nitrogens with two attached hydrogens (primary N) is 4. The van der Waals surface area contributed by atoms with Crippen molar-refractivity contribution >= 4 is 140 Å². The maximum Gasteiger partial charge on any atom is 0.323 e. The van der Waals surface area contributed by atoms with Crippen molar-refractivity contribution in [1.29, 1.82) is 0 Å². The molecular formula is C93H133N19O21S. The number of aliphatic carboxylic acids is 1. The van der Waals surface area contributed by atoms with E-state index < -0.39 is 254 Å². The number of unbranched alkanes of at least 4 members (excludes halogenated alkanes) is 2. The van der Waals surface area contributed by atoms with Gasteiger partial charge in [0, 0.05) is 118 Å². The lowest BCUT2D eigenvalue weighted by molar-refractivity contribution is -0.150. The number of hydrogen-bond acceptors (Lipinski definition) is 23. The predicted molar refractivity (Wildman–Crippen MR) is 497 cm³/mol. The molecule has 3 aromatic carbocycles. The number of aromatic nitrogens is 2. The Morgan fingerprint density at radius 3 is 1.85 bits per heavy atom. The summed E-state index contributed by atoms with van der Waals surface area (Å²) in [5, 5.41) is 44.0. The highest BCUT2D eigenvalue weighted by molar-refractivity contribution is 8.00. The van der Waals surface area contributed by atoms with E-state index >= 15 is 33.6 Å². The van der Waals surface area contributed by atoms with Gasteiger partial charge in [-0.05, 0) is 118 Å². The van der Waals surface area contributed by atoms with Gasteiger partial charge < -0.3 is 114 Å². The summed E-state index contributed by atoms with van der Waals surface area (Å²) in [5.74, 6) is -20.1. The summed E-state index contributed by atoms with van der Waals surface area (Å²) in [7, 11) is 5.46. The molecule has 0 aliphatic carbocycles. The summed E-state index contributed by atoms with van der Waals surface area (Å²) in [6.45, 7) is 9.24. The first-order valence-electron chi connectivity index (χ1n) is 45.7. The smallest absolute Gasteiger partial charge is 0.323 e.